The molecule has 1 aromatic rings. The number of hydrogen-bond donors (Lipinski definition) is 2. The molecule has 110 valence electrons. The van der Waals surface area contributed by atoms with Crippen molar-refractivity contribution in [2.75, 3.05) is 24.7 Å². The van der Waals surface area contributed by atoms with Crippen LogP contribution in [0.4, 0.5) is 5.69 Å². The van der Waals surface area contributed by atoms with Crippen LogP contribution in [0.3, 0.4) is 0 Å². The average molecular weight is 294 g/mol. The first-order valence-corrected chi connectivity index (χ1v) is 8.05. The Morgan fingerprint density at radius 1 is 1.50 bits per heavy atom. The van der Waals surface area contributed by atoms with Crippen LogP contribution in [0.25, 0.3) is 0 Å². The van der Waals surface area contributed by atoms with Crippen LogP contribution in [-0.4, -0.2) is 36.6 Å². The predicted octanol–water partition coefficient (Wildman–Crippen LogP) is 2.51. The molecule has 2 atom stereocenters. The lowest BCUT2D eigenvalue weighted by molar-refractivity contribution is -0.122. The van der Waals surface area contributed by atoms with E-state index < -0.39 is 0 Å². The van der Waals surface area contributed by atoms with E-state index in [1.165, 1.54) is 18.6 Å². The summed E-state index contributed by atoms with van der Waals surface area (Å²) in [4.78, 5) is 11.2. The summed E-state index contributed by atoms with van der Waals surface area (Å²) in [7, 11) is 1.60. The number of anilines is 1. The molecule has 0 saturated carbocycles. The molecular formula is C15H22N2O2S. The van der Waals surface area contributed by atoms with Gasteiger partial charge in [-0.15, -0.1) is 0 Å². The molecule has 1 heterocycles. The SMILES string of the molecule is CNC(=O)COc1cccc(NC2CCCSC2C)c1. The zero-order valence-electron chi connectivity index (χ0n) is 12.0. The zero-order chi connectivity index (χ0) is 14.4. The molecule has 4 nitrogen and oxygen atoms in total. The molecule has 1 aliphatic heterocycles. The number of nitrogens with one attached hydrogen (secondary N) is 2. The first kappa shape index (κ1) is 15.0. The Labute approximate surface area is 124 Å². The van der Waals surface area contributed by atoms with Gasteiger partial charge in [-0.3, -0.25) is 4.79 Å². The number of thioether (sulfide) groups is 1. The number of rotatable bonds is 5. The summed E-state index contributed by atoms with van der Waals surface area (Å²) in [6.45, 7) is 2.32. The molecule has 5 heteroatoms. The third kappa shape index (κ3) is 4.34. The van der Waals surface area contributed by atoms with Gasteiger partial charge in [0.2, 0.25) is 0 Å². The highest BCUT2D eigenvalue weighted by atomic mass is 32.2. The number of benzene rings is 1. The summed E-state index contributed by atoms with van der Waals surface area (Å²) in [6.07, 6.45) is 2.47. The van der Waals surface area contributed by atoms with E-state index in [-0.39, 0.29) is 12.5 Å². The molecular weight excluding hydrogens is 272 g/mol. The van der Waals surface area contributed by atoms with Crippen molar-refractivity contribution >= 4 is 23.4 Å². The maximum absolute atomic E-state index is 11.2. The van der Waals surface area contributed by atoms with E-state index in [2.05, 4.69) is 17.6 Å². The molecule has 0 spiro atoms. The van der Waals surface area contributed by atoms with Gasteiger partial charge in [0.15, 0.2) is 6.61 Å². The van der Waals surface area contributed by atoms with Gasteiger partial charge in [-0.1, -0.05) is 13.0 Å². The minimum atomic E-state index is -0.124. The van der Waals surface area contributed by atoms with Gasteiger partial charge in [-0.05, 0) is 30.7 Å². The van der Waals surface area contributed by atoms with E-state index in [1.807, 2.05) is 36.0 Å². The van der Waals surface area contributed by atoms with E-state index in [9.17, 15) is 4.79 Å². The van der Waals surface area contributed by atoms with Crippen LogP contribution < -0.4 is 15.4 Å². The normalized spacial score (nSPS) is 22.1. The Morgan fingerprint density at radius 3 is 3.10 bits per heavy atom. The van der Waals surface area contributed by atoms with Gasteiger partial charge in [0, 0.05) is 30.1 Å². The Hall–Kier alpha value is -1.36. The molecule has 0 aliphatic carbocycles. The summed E-state index contributed by atoms with van der Waals surface area (Å²) in [6, 6.07) is 8.31. The van der Waals surface area contributed by atoms with Gasteiger partial charge in [-0.2, -0.15) is 11.8 Å². The van der Waals surface area contributed by atoms with Gasteiger partial charge in [0.25, 0.3) is 5.91 Å². The van der Waals surface area contributed by atoms with Gasteiger partial charge < -0.3 is 15.4 Å². The molecule has 1 aromatic carbocycles. The summed E-state index contributed by atoms with van der Waals surface area (Å²) >= 11 is 2.02. The van der Waals surface area contributed by atoms with Crippen molar-refractivity contribution in [1.29, 1.82) is 0 Å². The van der Waals surface area contributed by atoms with Gasteiger partial charge in [0.05, 0.1) is 0 Å². The summed E-state index contributed by atoms with van der Waals surface area (Å²) < 4.78 is 5.46. The number of hydrogen-bond acceptors (Lipinski definition) is 4. The molecule has 0 aromatic heterocycles. The predicted molar refractivity (Wildman–Crippen MR) is 84.6 cm³/mol. The second kappa shape index (κ2) is 7.43. The highest BCUT2D eigenvalue weighted by molar-refractivity contribution is 8.00. The maximum atomic E-state index is 11.2. The van der Waals surface area contributed by atoms with E-state index in [0.717, 1.165) is 11.4 Å². The lowest BCUT2D eigenvalue weighted by atomic mass is 10.1. The van der Waals surface area contributed by atoms with Gasteiger partial charge in [0.1, 0.15) is 5.75 Å². The molecule has 2 N–H and O–H groups in total. The summed E-state index contributed by atoms with van der Waals surface area (Å²) in [5, 5.41) is 6.73. The number of likely N-dealkylation sites (N-methyl/N-ethyl adjacent to an activating group) is 1. The molecule has 1 amide bonds. The van der Waals surface area contributed by atoms with Crippen LogP contribution in [0.1, 0.15) is 19.8 Å². The number of ether oxygens (including phenoxy) is 1. The summed E-state index contributed by atoms with van der Waals surface area (Å²) in [5.41, 5.74) is 1.05. The minimum Gasteiger partial charge on any atom is -0.484 e. The Bertz CT molecular complexity index is 453. The fourth-order valence-corrected chi connectivity index (χ4v) is 3.37. The maximum Gasteiger partial charge on any atom is 0.257 e. The van der Waals surface area contributed by atoms with Crippen LogP contribution in [-0.2, 0) is 4.79 Å². The van der Waals surface area contributed by atoms with E-state index in [1.54, 1.807) is 7.05 Å². The fourth-order valence-electron chi connectivity index (χ4n) is 2.22. The third-order valence-corrected chi connectivity index (χ3v) is 4.82. The number of carbonyl (C=O) groups excluding carboxylic acids is 1. The highest BCUT2D eigenvalue weighted by Crippen LogP contribution is 2.28. The molecule has 20 heavy (non-hydrogen) atoms. The third-order valence-electron chi connectivity index (χ3n) is 3.44. The quantitative estimate of drug-likeness (QED) is 0.876. The fraction of sp³-hybridized carbons (Fsp3) is 0.533. The first-order chi connectivity index (χ1) is 9.69. The average Bonchev–Trinajstić information content (AvgIpc) is 2.47. The smallest absolute Gasteiger partial charge is 0.257 e. The zero-order valence-corrected chi connectivity index (χ0v) is 12.8. The van der Waals surface area contributed by atoms with Gasteiger partial charge >= 0.3 is 0 Å². The van der Waals surface area contributed by atoms with Crippen LogP contribution in [0.15, 0.2) is 24.3 Å². The minimum absolute atomic E-state index is 0.0512. The first-order valence-electron chi connectivity index (χ1n) is 7.00. The van der Waals surface area contributed by atoms with Crippen molar-refractivity contribution in [2.24, 2.45) is 0 Å². The molecule has 0 radical (unpaired) electrons. The van der Waals surface area contributed by atoms with Crippen molar-refractivity contribution < 1.29 is 9.53 Å². The lowest BCUT2D eigenvalue weighted by Gasteiger charge is -2.30. The van der Waals surface area contributed by atoms with Crippen molar-refractivity contribution in [3.8, 4) is 5.75 Å². The standard InChI is InChI=1S/C15H22N2O2S/c1-11-14(7-4-8-20-11)17-12-5-3-6-13(9-12)19-10-15(18)16-2/h3,5-6,9,11,14,17H,4,7-8,10H2,1-2H3,(H,16,18). The largest absolute Gasteiger partial charge is 0.484 e. The van der Waals surface area contributed by atoms with Crippen LogP contribution in [0.5, 0.6) is 5.75 Å². The number of amides is 1. The van der Waals surface area contributed by atoms with Crippen molar-refractivity contribution in [1.82, 2.24) is 5.32 Å². The van der Waals surface area contributed by atoms with E-state index >= 15 is 0 Å². The van der Waals surface area contributed by atoms with Crippen LogP contribution in [0.2, 0.25) is 0 Å². The Kier molecular flexibility index (Phi) is 5.59. The topological polar surface area (TPSA) is 50.4 Å². The second-order valence-corrected chi connectivity index (χ2v) is 6.44. The van der Waals surface area contributed by atoms with Crippen molar-refractivity contribution in [3.63, 3.8) is 0 Å². The highest BCUT2D eigenvalue weighted by Gasteiger charge is 2.21. The number of carbonyl (C=O) groups is 1. The van der Waals surface area contributed by atoms with E-state index in [0.29, 0.717) is 11.3 Å². The molecule has 1 aliphatic rings. The Morgan fingerprint density at radius 2 is 2.35 bits per heavy atom. The summed E-state index contributed by atoms with van der Waals surface area (Å²) in [5.74, 6) is 1.85. The van der Waals surface area contributed by atoms with Crippen molar-refractivity contribution in [2.45, 2.75) is 31.1 Å². The van der Waals surface area contributed by atoms with Gasteiger partial charge in [-0.25, -0.2) is 0 Å². The second-order valence-electron chi connectivity index (χ2n) is 4.96. The molecule has 1 fully saturated rings. The Balaban J connectivity index is 1.93. The monoisotopic (exact) mass is 294 g/mol. The molecule has 2 rings (SSSR count). The van der Waals surface area contributed by atoms with E-state index in [4.69, 9.17) is 4.74 Å². The van der Waals surface area contributed by atoms with Crippen LogP contribution in [0, 0.1) is 0 Å². The molecule has 0 bridgehead atoms. The lowest BCUT2D eigenvalue weighted by Crippen LogP contribution is -2.32. The van der Waals surface area contributed by atoms with Crippen molar-refractivity contribution in [3.05, 3.63) is 24.3 Å². The molecule has 1 saturated heterocycles. The van der Waals surface area contributed by atoms with Crippen LogP contribution >= 0.6 is 11.8 Å². The molecule has 2 unspecified atom stereocenters.